The molecule has 6 rings (SSSR count). The zero-order chi connectivity index (χ0) is 29.4. The first kappa shape index (κ1) is 26.8. The number of nitrogens with one attached hydrogen (secondary N) is 1. The van der Waals surface area contributed by atoms with Crippen LogP contribution in [-0.2, 0) is 32.1 Å². The third-order valence-corrected chi connectivity index (χ3v) is 8.78. The molecule has 4 aliphatic rings. The lowest BCUT2D eigenvalue weighted by Gasteiger charge is -2.48. The first-order valence-electron chi connectivity index (χ1n) is 13.3. The van der Waals surface area contributed by atoms with Gasteiger partial charge in [0, 0.05) is 38.7 Å². The number of nitrogens with zero attached hydrogens (tertiary/aromatic N) is 1. The Kier molecular flexibility index (Phi) is 6.07. The summed E-state index contributed by atoms with van der Waals surface area (Å²) in [6, 6.07) is 7.13. The molecule has 0 spiro atoms. The van der Waals surface area contributed by atoms with Gasteiger partial charge in [0.25, 0.3) is 0 Å². The topological polar surface area (TPSA) is 186 Å². The lowest BCUT2D eigenvalue weighted by atomic mass is 9.53. The third-order valence-electron chi connectivity index (χ3n) is 8.78. The molecule has 1 amide bonds. The SMILES string of the molecule is CN(C)c1cc(NCc2ccc3c(c2)OCO3)c(O)c2c1C[C@H]1C[C@H]3CC(=O)C(C(N)=O)C(=O)[C@@]3(O)C(=O)C1C2=O. The Balaban J connectivity index is 1.37. The Morgan fingerprint density at radius 3 is 2.54 bits per heavy atom. The van der Waals surface area contributed by atoms with Crippen molar-refractivity contribution in [1.29, 1.82) is 0 Å². The number of fused-ring (bicyclic) bond motifs is 4. The summed E-state index contributed by atoms with van der Waals surface area (Å²) in [6.07, 6.45) is -0.131. The predicted octanol–water partition coefficient (Wildman–Crippen LogP) is 0.734. The molecule has 5 atom stereocenters. The standard InChI is InChI=1S/C29H29N3O9/c1-32(2)17-9-16(31-10-12-3-4-19-20(5-12)41-11-40-19)24(34)22-15(17)7-13-6-14-8-18(33)23(28(30)38)27(37)29(14,39)26(36)21(13)25(22)35/h3-5,9,13-14,21,23,31,34,39H,6-8,10-11H2,1-2H3,(H2,30,38)/t13-,14+,21?,23?,29+/m1/s1. The number of primary amides is 1. The van der Waals surface area contributed by atoms with Crippen molar-refractivity contribution >= 4 is 40.4 Å². The Labute approximate surface area is 234 Å². The number of ketones is 4. The van der Waals surface area contributed by atoms with Gasteiger partial charge in [-0.3, -0.25) is 24.0 Å². The van der Waals surface area contributed by atoms with Crippen molar-refractivity contribution in [1.82, 2.24) is 0 Å². The number of aliphatic hydroxyl groups is 1. The number of benzene rings is 2. The molecule has 2 aromatic carbocycles. The number of amides is 1. The van der Waals surface area contributed by atoms with E-state index >= 15 is 0 Å². The minimum atomic E-state index is -2.68. The quantitative estimate of drug-likeness (QED) is 0.297. The zero-order valence-corrected chi connectivity index (χ0v) is 22.4. The van der Waals surface area contributed by atoms with Crippen LogP contribution in [0, 0.1) is 23.7 Å². The number of nitrogens with two attached hydrogens (primary N) is 1. The van der Waals surface area contributed by atoms with Gasteiger partial charge in [0.1, 0.15) is 5.75 Å². The van der Waals surface area contributed by atoms with Crippen LogP contribution in [0.25, 0.3) is 0 Å². The number of hydrogen-bond acceptors (Lipinski definition) is 11. The molecule has 0 radical (unpaired) electrons. The molecule has 12 nitrogen and oxygen atoms in total. The Morgan fingerprint density at radius 2 is 1.83 bits per heavy atom. The Hall–Kier alpha value is -4.45. The number of hydrogen-bond donors (Lipinski definition) is 4. The molecule has 1 heterocycles. The summed E-state index contributed by atoms with van der Waals surface area (Å²) in [5.41, 5.74) is 4.77. The molecule has 2 aromatic rings. The maximum atomic E-state index is 14.0. The molecule has 3 aliphatic carbocycles. The average molecular weight is 564 g/mol. The largest absolute Gasteiger partial charge is 0.505 e. The fourth-order valence-corrected chi connectivity index (χ4v) is 6.80. The highest BCUT2D eigenvalue weighted by Gasteiger charge is 2.66. The van der Waals surface area contributed by atoms with Crippen LogP contribution in [0.1, 0.15) is 34.3 Å². The van der Waals surface area contributed by atoms with Gasteiger partial charge >= 0.3 is 0 Å². The van der Waals surface area contributed by atoms with Gasteiger partial charge in [-0.2, -0.15) is 0 Å². The van der Waals surface area contributed by atoms with E-state index in [2.05, 4.69) is 5.32 Å². The van der Waals surface area contributed by atoms with E-state index in [9.17, 15) is 34.2 Å². The van der Waals surface area contributed by atoms with Crippen molar-refractivity contribution in [2.75, 3.05) is 31.1 Å². The number of aromatic hydroxyl groups is 1. The lowest BCUT2D eigenvalue weighted by Crippen LogP contribution is -2.68. The van der Waals surface area contributed by atoms with Crippen molar-refractivity contribution in [2.24, 2.45) is 29.4 Å². The van der Waals surface area contributed by atoms with Crippen LogP contribution < -0.4 is 25.4 Å². The number of rotatable bonds is 5. The van der Waals surface area contributed by atoms with Gasteiger partial charge in [-0.15, -0.1) is 0 Å². The minimum Gasteiger partial charge on any atom is -0.505 e. The van der Waals surface area contributed by atoms with Gasteiger partial charge in [0.2, 0.25) is 12.7 Å². The van der Waals surface area contributed by atoms with E-state index in [-0.39, 0.29) is 49.6 Å². The van der Waals surface area contributed by atoms with Gasteiger partial charge in [-0.1, -0.05) is 6.07 Å². The molecular formula is C29H29N3O9. The molecular weight excluding hydrogens is 534 g/mol. The maximum Gasteiger partial charge on any atom is 0.235 e. The normalized spacial score (nSPS) is 28.1. The van der Waals surface area contributed by atoms with Crippen molar-refractivity contribution in [2.45, 2.75) is 31.4 Å². The van der Waals surface area contributed by atoms with E-state index in [0.717, 1.165) is 5.56 Å². The van der Waals surface area contributed by atoms with E-state index in [0.29, 0.717) is 22.7 Å². The lowest BCUT2D eigenvalue weighted by molar-refractivity contribution is -0.175. The van der Waals surface area contributed by atoms with E-state index in [1.165, 1.54) is 0 Å². The zero-order valence-electron chi connectivity index (χ0n) is 22.4. The van der Waals surface area contributed by atoms with E-state index in [1.807, 2.05) is 6.07 Å². The van der Waals surface area contributed by atoms with E-state index in [4.69, 9.17) is 15.2 Å². The monoisotopic (exact) mass is 563 g/mol. The van der Waals surface area contributed by atoms with Crippen LogP contribution in [-0.4, -0.2) is 65.7 Å². The summed E-state index contributed by atoms with van der Waals surface area (Å²) >= 11 is 0. The molecule has 1 aliphatic heterocycles. The van der Waals surface area contributed by atoms with E-state index in [1.54, 1.807) is 37.2 Å². The molecule has 2 fully saturated rings. The number of phenols is 1. The number of Topliss-reactive ketones (excluding diaryl/α,β-unsaturated/α-hetero) is 4. The highest BCUT2D eigenvalue weighted by molar-refractivity contribution is 6.31. The van der Waals surface area contributed by atoms with Crippen LogP contribution >= 0.6 is 0 Å². The van der Waals surface area contributed by atoms with Crippen LogP contribution in [0.2, 0.25) is 0 Å². The molecule has 12 heteroatoms. The van der Waals surface area contributed by atoms with Crippen molar-refractivity contribution in [3.8, 4) is 17.2 Å². The second-order valence-corrected chi connectivity index (χ2v) is 11.3. The summed E-state index contributed by atoms with van der Waals surface area (Å²) in [4.78, 5) is 67.1. The van der Waals surface area contributed by atoms with Crippen LogP contribution in [0.4, 0.5) is 11.4 Å². The molecule has 2 saturated carbocycles. The summed E-state index contributed by atoms with van der Waals surface area (Å²) in [7, 11) is 3.58. The first-order chi connectivity index (χ1) is 19.4. The minimum absolute atomic E-state index is 0.0405. The second kappa shape index (κ2) is 9.30. The highest BCUT2D eigenvalue weighted by atomic mass is 16.7. The summed E-state index contributed by atoms with van der Waals surface area (Å²) in [5, 5.41) is 25.9. The number of ether oxygens (including phenoxy) is 2. The van der Waals surface area contributed by atoms with Crippen molar-refractivity contribution in [3.63, 3.8) is 0 Å². The van der Waals surface area contributed by atoms with Gasteiger partial charge in [-0.25, -0.2) is 0 Å². The molecule has 5 N–H and O–H groups in total. The smallest absolute Gasteiger partial charge is 0.235 e. The highest BCUT2D eigenvalue weighted by Crippen LogP contribution is 2.52. The van der Waals surface area contributed by atoms with Crippen molar-refractivity contribution < 1.29 is 43.7 Å². The molecule has 0 bridgehead atoms. The van der Waals surface area contributed by atoms with Crippen LogP contribution in [0.5, 0.6) is 17.2 Å². The summed E-state index contributed by atoms with van der Waals surface area (Å²) < 4.78 is 10.8. The third kappa shape index (κ3) is 3.88. The molecule has 214 valence electrons. The van der Waals surface area contributed by atoms with Gasteiger partial charge in [0.15, 0.2) is 46.2 Å². The number of anilines is 2. The maximum absolute atomic E-state index is 14.0. The number of phenolic OH excluding ortho intramolecular Hbond substituents is 1. The van der Waals surface area contributed by atoms with E-state index < -0.39 is 58.3 Å². The van der Waals surface area contributed by atoms with Crippen LogP contribution in [0.3, 0.4) is 0 Å². The fraction of sp³-hybridized carbons (Fsp3) is 0.414. The number of carbonyl (C=O) groups is 5. The van der Waals surface area contributed by atoms with Gasteiger partial charge in [-0.05, 0) is 48.1 Å². The van der Waals surface area contributed by atoms with Gasteiger partial charge < -0.3 is 35.6 Å². The first-order valence-corrected chi connectivity index (χ1v) is 13.3. The van der Waals surface area contributed by atoms with Gasteiger partial charge in [0.05, 0.1) is 17.2 Å². The molecule has 41 heavy (non-hydrogen) atoms. The Bertz CT molecular complexity index is 1550. The summed E-state index contributed by atoms with van der Waals surface area (Å²) in [6.45, 7) is 0.404. The number of carbonyl (C=O) groups excluding carboxylic acids is 5. The Morgan fingerprint density at radius 1 is 1.10 bits per heavy atom. The van der Waals surface area contributed by atoms with Crippen molar-refractivity contribution in [3.05, 3.63) is 41.0 Å². The molecule has 0 saturated heterocycles. The molecule has 0 aromatic heterocycles. The fourth-order valence-electron chi connectivity index (χ4n) is 6.80. The van der Waals surface area contributed by atoms with Crippen LogP contribution in [0.15, 0.2) is 24.3 Å². The second-order valence-electron chi connectivity index (χ2n) is 11.3. The predicted molar refractivity (Wildman–Crippen MR) is 143 cm³/mol. The summed E-state index contributed by atoms with van der Waals surface area (Å²) in [5.74, 6) is -9.20. The molecule has 2 unspecified atom stereocenters. The average Bonchev–Trinajstić information content (AvgIpc) is 3.38.